The lowest BCUT2D eigenvalue weighted by Crippen LogP contribution is -2.16. The lowest BCUT2D eigenvalue weighted by atomic mass is 9.96. The maximum absolute atomic E-state index is 12.1. The van der Waals surface area contributed by atoms with Crippen LogP contribution in [0.15, 0.2) is 53.5 Å². The summed E-state index contributed by atoms with van der Waals surface area (Å²) in [5, 5.41) is 0. The first-order chi connectivity index (χ1) is 9.74. The van der Waals surface area contributed by atoms with Crippen LogP contribution in [-0.2, 0) is 6.61 Å². The summed E-state index contributed by atoms with van der Waals surface area (Å²) in [6.07, 6.45) is 1.69. The second-order valence-electron chi connectivity index (χ2n) is 4.88. The highest BCUT2D eigenvalue weighted by Gasteiger charge is 2.21. The molecule has 0 saturated carbocycles. The fraction of sp³-hybridized carbons (Fsp3) is 0.176. The molecule has 0 spiro atoms. The Hall–Kier alpha value is -2.42. The molecular formula is C17H15NO2. The van der Waals surface area contributed by atoms with E-state index in [0.717, 1.165) is 11.3 Å². The highest BCUT2D eigenvalue weighted by molar-refractivity contribution is 6.12. The molecule has 2 aromatic carbocycles. The third-order valence-electron chi connectivity index (χ3n) is 3.33. The molecule has 0 saturated heterocycles. The number of ether oxygens (including phenoxy) is 1. The molecule has 1 unspecified atom stereocenters. The van der Waals surface area contributed by atoms with E-state index in [-0.39, 0.29) is 11.7 Å². The van der Waals surface area contributed by atoms with Crippen molar-refractivity contribution in [1.82, 2.24) is 0 Å². The summed E-state index contributed by atoms with van der Waals surface area (Å²) in [5.41, 5.74) is 2.47. The van der Waals surface area contributed by atoms with Crippen LogP contribution in [0.5, 0.6) is 5.75 Å². The fourth-order valence-corrected chi connectivity index (χ4v) is 2.16. The van der Waals surface area contributed by atoms with Gasteiger partial charge in [0.15, 0.2) is 5.78 Å². The summed E-state index contributed by atoms with van der Waals surface area (Å²) in [6.45, 7) is 2.35. The van der Waals surface area contributed by atoms with Gasteiger partial charge in [-0.3, -0.25) is 9.79 Å². The maximum atomic E-state index is 12.1. The molecule has 100 valence electrons. The standard InChI is InChI=1S/C17H15NO2/c1-12-10-18-16-8-7-14(9-15(16)17(12)19)20-11-13-5-3-2-4-6-13/h2-10,12H,11H2,1H3. The molecule has 0 bridgehead atoms. The minimum Gasteiger partial charge on any atom is -0.489 e. The molecule has 1 heterocycles. The second-order valence-corrected chi connectivity index (χ2v) is 4.88. The van der Waals surface area contributed by atoms with E-state index in [0.29, 0.717) is 17.9 Å². The van der Waals surface area contributed by atoms with E-state index in [1.807, 2.05) is 49.4 Å². The highest BCUT2D eigenvalue weighted by atomic mass is 16.5. The molecule has 20 heavy (non-hydrogen) atoms. The van der Waals surface area contributed by atoms with Crippen molar-refractivity contribution in [3.8, 4) is 5.75 Å². The molecule has 3 nitrogen and oxygen atoms in total. The predicted molar refractivity (Wildman–Crippen MR) is 78.9 cm³/mol. The van der Waals surface area contributed by atoms with Gasteiger partial charge in [-0.25, -0.2) is 0 Å². The smallest absolute Gasteiger partial charge is 0.173 e. The molecule has 0 aromatic heterocycles. The average Bonchev–Trinajstić information content (AvgIpc) is 2.50. The minimum atomic E-state index is -0.160. The van der Waals surface area contributed by atoms with Gasteiger partial charge >= 0.3 is 0 Å². The number of carbonyl (C=O) groups is 1. The summed E-state index contributed by atoms with van der Waals surface area (Å²) >= 11 is 0. The topological polar surface area (TPSA) is 38.7 Å². The van der Waals surface area contributed by atoms with Crippen LogP contribution in [0.3, 0.4) is 0 Å². The number of hydrogen-bond acceptors (Lipinski definition) is 3. The largest absolute Gasteiger partial charge is 0.489 e. The Balaban J connectivity index is 1.79. The van der Waals surface area contributed by atoms with Crippen LogP contribution in [0.25, 0.3) is 0 Å². The molecule has 0 fully saturated rings. The lowest BCUT2D eigenvalue weighted by molar-refractivity contribution is 0.0962. The Kier molecular flexibility index (Phi) is 3.33. The maximum Gasteiger partial charge on any atom is 0.173 e. The predicted octanol–water partition coefficient (Wildman–Crippen LogP) is 3.80. The Morgan fingerprint density at radius 2 is 1.95 bits per heavy atom. The number of aliphatic imine (C=N–C) groups is 1. The summed E-state index contributed by atoms with van der Waals surface area (Å²) < 4.78 is 5.74. The van der Waals surface area contributed by atoms with E-state index < -0.39 is 0 Å². The highest BCUT2D eigenvalue weighted by Crippen LogP contribution is 2.30. The fourth-order valence-electron chi connectivity index (χ4n) is 2.16. The molecule has 1 atom stereocenters. The van der Waals surface area contributed by atoms with E-state index in [1.54, 1.807) is 12.3 Å². The van der Waals surface area contributed by atoms with Crippen LogP contribution < -0.4 is 4.74 Å². The number of Topliss-reactive ketones (excluding diaryl/α,β-unsaturated/α-hetero) is 1. The summed E-state index contributed by atoms with van der Waals surface area (Å²) in [7, 11) is 0. The van der Waals surface area contributed by atoms with E-state index in [2.05, 4.69) is 4.99 Å². The number of benzene rings is 2. The van der Waals surface area contributed by atoms with Gasteiger partial charge in [0.05, 0.1) is 11.6 Å². The molecule has 3 rings (SSSR count). The van der Waals surface area contributed by atoms with Gasteiger partial charge in [-0.1, -0.05) is 37.3 Å². The van der Waals surface area contributed by atoms with Gasteiger partial charge in [-0.05, 0) is 23.8 Å². The van der Waals surface area contributed by atoms with E-state index in [9.17, 15) is 4.79 Å². The third-order valence-corrected chi connectivity index (χ3v) is 3.33. The quantitative estimate of drug-likeness (QED) is 0.846. The molecule has 1 aliphatic rings. The van der Waals surface area contributed by atoms with Crippen LogP contribution in [0, 0.1) is 5.92 Å². The zero-order chi connectivity index (χ0) is 13.9. The molecule has 0 amide bonds. The van der Waals surface area contributed by atoms with Gasteiger partial charge in [0.25, 0.3) is 0 Å². The van der Waals surface area contributed by atoms with Gasteiger partial charge in [-0.2, -0.15) is 0 Å². The molecule has 3 heteroatoms. The first-order valence-electron chi connectivity index (χ1n) is 6.63. The first-order valence-corrected chi connectivity index (χ1v) is 6.63. The van der Waals surface area contributed by atoms with Crippen molar-refractivity contribution in [3.05, 3.63) is 59.7 Å². The van der Waals surface area contributed by atoms with Crippen LogP contribution in [0.1, 0.15) is 22.8 Å². The van der Waals surface area contributed by atoms with Crippen molar-refractivity contribution >= 4 is 17.7 Å². The zero-order valence-corrected chi connectivity index (χ0v) is 11.2. The van der Waals surface area contributed by atoms with Crippen LogP contribution >= 0.6 is 0 Å². The zero-order valence-electron chi connectivity index (χ0n) is 11.2. The lowest BCUT2D eigenvalue weighted by Gasteiger charge is -2.15. The van der Waals surface area contributed by atoms with Gasteiger partial charge in [0.1, 0.15) is 12.4 Å². The Labute approximate surface area is 117 Å². The Bertz CT molecular complexity index is 662. The number of ketones is 1. The number of nitrogens with zero attached hydrogens (tertiary/aromatic N) is 1. The summed E-state index contributed by atoms with van der Waals surface area (Å²) in [5.74, 6) is 0.636. The summed E-state index contributed by atoms with van der Waals surface area (Å²) in [6, 6.07) is 15.4. The van der Waals surface area contributed by atoms with Crippen molar-refractivity contribution in [1.29, 1.82) is 0 Å². The van der Waals surface area contributed by atoms with Crippen molar-refractivity contribution in [2.45, 2.75) is 13.5 Å². The minimum absolute atomic E-state index is 0.0974. The molecule has 0 aliphatic carbocycles. The van der Waals surface area contributed by atoms with E-state index in [1.165, 1.54) is 0 Å². The number of rotatable bonds is 3. The Morgan fingerprint density at radius 1 is 1.15 bits per heavy atom. The third kappa shape index (κ3) is 2.48. The molecule has 1 aliphatic heterocycles. The SMILES string of the molecule is CC1C=Nc2ccc(OCc3ccccc3)cc2C1=O. The molecule has 0 N–H and O–H groups in total. The molecule has 0 radical (unpaired) electrons. The number of carbonyl (C=O) groups excluding carboxylic acids is 1. The van der Waals surface area contributed by atoms with Gasteiger partial charge in [0, 0.05) is 11.8 Å². The molecular weight excluding hydrogens is 250 g/mol. The first kappa shape index (κ1) is 12.6. The average molecular weight is 265 g/mol. The van der Waals surface area contributed by atoms with Crippen molar-refractivity contribution in [3.63, 3.8) is 0 Å². The van der Waals surface area contributed by atoms with Crippen LogP contribution in [-0.4, -0.2) is 12.0 Å². The monoisotopic (exact) mass is 265 g/mol. The molecule has 2 aromatic rings. The van der Waals surface area contributed by atoms with Gasteiger partial charge < -0.3 is 4.74 Å². The van der Waals surface area contributed by atoms with Crippen LogP contribution in [0.4, 0.5) is 5.69 Å². The van der Waals surface area contributed by atoms with Crippen molar-refractivity contribution in [2.75, 3.05) is 0 Å². The van der Waals surface area contributed by atoms with Gasteiger partial charge in [0.2, 0.25) is 0 Å². The van der Waals surface area contributed by atoms with Crippen molar-refractivity contribution < 1.29 is 9.53 Å². The van der Waals surface area contributed by atoms with Crippen molar-refractivity contribution in [2.24, 2.45) is 10.9 Å². The normalized spacial score (nSPS) is 16.9. The Morgan fingerprint density at radius 3 is 2.75 bits per heavy atom. The van der Waals surface area contributed by atoms with Gasteiger partial charge in [-0.15, -0.1) is 0 Å². The number of fused-ring (bicyclic) bond motifs is 1. The number of hydrogen-bond donors (Lipinski definition) is 0. The summed E-state index contributed by atoms with van der Waals surface area (Å²) in [4.78, 5) is 16.4. The second kappa shape index (κ2) is 5.29. The van der Waals surface area contributed by atoms with E-state index >= 15 is 0 Å². The van der Waals surface area contributed by atoms with E-state index in [4.69, 9.17) is 4.74 Å². The van der Waals surface area contributed by atoms with Crippen LogP contribution in [0.2, 0.25) is 0 Å².